The van der Waals surface area contributed by atoms with Crippen molar-refractivity contribution in [1.29, 1.82) is 0 Å². The van der Waals surface area contributed by atoms with Gasteiger partial charge in [0, 0.05) is 13.1 Å². The van der Waals surface area contributed by atoms with Gasteiger partial charge < -0.3 is 15.4 Å². The molecule has 1 spiro atoms. The maximum atomic E-state index is 14.3. The summed E-state index contributed by atoms with van der Waals surface area (Å²) in [5.41, 5.74) is -2.07. The summed E-state index contributed by atoms with van der Waals surface area (Å²) in [6.45, 7) is 6.12. The number of ether oxygens (including phenoxy) is 1. The number of alkyl carbamates (subject to hydrolysis) is 1. The van der Waals surface area contributed by atoms with Crippen LogP contribution in [0.3, 0.4) is 0 Å². The fourth-order valence-electron chi connectivity index (χ4n) is 3.28. The summed E-state index contributed by atoms with van der Waals surface area (Å²) in [5.74, 6) is -0.498. The molecule has 0 radical (unpaired) electrons. The van der Waals surface area contributed by atoms with Crippen LogP contribution in [0.4, 0.5) is 9.18 Å². The number of nitrogens with one attached hydrogen (secondary N) is 2. The topological polar surface area (TPSA) is 67.4 Å². The zero-order chi connectivity index (χ0) is 16.4. The zero-order valence-electron chi connectivity index (χ0n) is 13.8. The molecule has 2 N–H and O–H groups in total. The summed E-state index contributed by atoms with van der Waals surface area (Å²) in [6.07, 6.45) is 4.11. The molecule has 5 nitrogen and oxygen atoms in total. The lowest BCUT2D eigenvalue weighted by Gasteiger charge is -2.56. The average molecular weight is 314 g/mol. The molecule has 0 aromatic rings. The Hall–Kier alpha value is -1.33. The molecule has 2 amide bonds. The Balaban J connectivity index is 1.55. The highest BCUT2D eigenvalue weighted by molar-refractivity contribution is 5.86. The lowest BCUT2D eigenvalue weighted by Crippen LogP contribution is -2.60. The van der Waals surface area contributed by atoms with Gasteiger partial charge in [-0.3, -0.25) is 4.79 Å². The van der Waals surface area contributed by atoms with E-state index >= 15 is 0 Å². The largest absolute Gasteiger partial charge is 0.444 e. The number of alkyl halides is 1. The molecule has 2 saturated carbocycles. The number of carbonyl (C=O) groups excluding carboxylic acids is 2. The van der Waals surface area contributed by atoms with E-state index in [-0.39, 0.29) is 5.41 Å². The van der Waals surface area contributed by atoms with Gasteiger partial charge in [-0.1, -0.05) is 6.42 Å². The molecule has 0 heterocycles. The molecule has 2 aliphatic rings. The molecule has 6 heteroatoms. The van der Waals surface area contributed by atoms with Crippen LogP contribution in [0.2, 0.25) is 0 Å². The van der Waals surface area contributed by atoms with E-state index in [0.29, 0.717) is 32.4 Å². The summed E-state index contributed by atoms with van der Waals surface area (Å²) in [4.78, 5) is 23.3. The first-order valence-electron chi connectivity index (χ1n) is 8.08. The van der Waals surface area contributed by atoms with Crippen molar-refractivity contribution in [3.8, 4) is 0 Å². The van der Waals surface area contributed by atoms with Crippen LogP contribution in [-0.4, -0.2) is 36.4 Å². The number of hydrogen-bond donors (Lipinski definition) is 2. The molecule has 0 aromatic heterocycles. The summed E-state index contributed by atoms with van der Waals surface area (Å²) < 4.78 is 19.4. The van der Waals surface area contributed by atoms with Crippen LogP contribution in [0.1, 0.15) is 59.3 Å². The fraction of sp³-hybridized carbons (Fsp3) is 0.875. The number of carbonyl (C=O) groups is 2. The molecule has 2 fully saturated rings. The Bertz CT molecular complexity index is 433. The van der Waals surface area contributed by atoms with Gasteiger partial charge in [-0.05, 0) is 58.3 Å². The Morgan fingerprint density at radius 3 is 2.23 bits per heavy atom. The quantitative estimate of drug-likeness (QED) is 0.767. The van der Waals surface area contributed by atoms with Crippen LogP contribution < -0.4 is 10.6 Å². The first-order chi connectivity index (χ1) is 10.1. The summed E-state index contributed by atoms with van der Waals surface area (Å²) in [7, 11) is 0. The third-order valence-corrected chi connectivity index (χ3v) is 4.44. The van der Waals surface area contributed by atoms with Crippen LogP contribution >= 0.6 is 0 Å². The molecule has 22 heavy (non-hydrogen) atoms. The van der Waals surface area contributed by atoms with Crippen molar-refractivity contribution in [2.24, 2.45) is 5.41 Å². The molecule has 0 aromatic carbocycles. The van der Waals surface area contributed by atoms with Crippen molar-refractivity contribution in [3.05, 3.63) is 0 Å². The minimum Gasteiger partial charge on any atom is -0.444 e. The normalized spacial score (nSPS) is 21.5. The van der Waals surface area contributed by atoms with E-state index in [2.05, 4.69) is 10.6 Å². The SMILES string of the molecule is CC(C)(C)OC(=O)NCCCNC(=O)C1(F)CC2(CCC2)C1. The molecule has 2 rings (SSSR count). The van der Waals surface area contributed by atoms with E-state index in [1.165, 1.54) is 0 Å². The zero-order valence-corrected chi connectivity index (χ0v) is 13.8. The Morgan fingerprint density at radius 2 is 1.73 bits per heavy atom. The molecule has 0 unspecified atom stereocenters. The van der Waals surface area contributed by atoms with E-state index in [9.17, 15) is 14.0 Å². The first kappa shape index (κ1) is 17.0. The Kier molecular flexibility index (Phi) is 4.68. The van der Waals surface area contributed by atoms with Crippen molar-refractivity contribution >= 4 is 12.0 Å². The number of halogens is 1. The molecule has 0 atom stereocenters. The molecule has 0 bridgehead atoms. The van der Waals surface area contributed by atoms with Crippen LogP contribution in [-0.2, 0) is 9.53 Å². The van der Waals surface area contributed by atoms with Crippen LogP contribution in [0.15, 0.2) is 0 Å². The van der Waals surface area contributed by atoms with Crippen LogP contribution in [0.5, 0.6) is 0 Å². The van der Waals surface area contributed by atoms with Crippen molar-refractivity contribution < 1.29 is 18.7 Å². The minimum atomic E-state index is -1.67. The van der Waals surface area contributed by atoms with Crippen molar-refractivity contribution in [1.82, 2.24) is 10.6 Å². The van der Waals surface area contributed by atoms with Gasteiger partial charge in [0.05, 0.1) is 0 Å². The highest BCUT2D eigenvalue weighted by Crippen LogP contribution is 2.61. The van der Waals surface area contributed by atoms with Crippen LogP contribution in [0, 0.1) is 5.41 Å². The Morgan fingerprint density at radius 1 is 1.14 bits per heavy atom. The Labute approximate surface area is 131 Å². The number of amides is 2. The van der Waals surface area contributed by atoms with E-state index in [1.807, 2.05) is 0 Å². The summed E-state index contributed by atoms with van der Waals surface area (Å²) in [6, 6.07) is 0. The third kappa shape index (κ3) is 4.11. The smallest absolute Gasteiger partial charge is 0.407 e. The summed E-state index contributed by atoms with van der Waals surface area (Å²) >= 11 is 0. The second-order valence-electron chi connectivity index (χ2n) is 7.71. The van der Waals surface area contributed by atoms with Gasteiger partial charge in [0.25, 0.3) is 5.91 Å². The van der Waals surface area contributed by atoms with Crippen molar-refractivity contribution in [2.75, 3.05) is 13.1 Å². The van der Waals surface area contributed by atoms with Gasteiger partial charge in [-0.25, -0.2) is 9.18 Å². The molecule has 0 aliphatic heterocycles. The predicted molar refractivity (Wildman–Crippen MR) is 81.2 cm³/mol. The maximum Gasteiger partial charge on any atom is 0.407 e. The van der Waals surface area contributed by atoms with E-state index in [0.717, 1.165) is 19.3 Å². The predicted octanol–water partition coefficient (Wildman–Crippen LogP) is 2.69. The summed E-state index contributed by atoms with van der Waals surface area (Å²) in [5, 5.41) is 5.23. The van der Waals surface area contributed by atoms with Gasteiger partial charge in [0.15, 0.2) is 5.67 Å². The second kappa shape index (κ2) is 6.05. The highest BCUT2D eigenvalue weighted by atomic mass is 19.1. The van der Waals surface area contributed by atoms with Crippen LogP contribution in [0.25, 0.3) is 0 Å². The lowest BCUT2D eigenvalue weighted by molar-refractivity contribution is -0.161. The van der Waals surface area contributed by atoms with Gasteiger partial charge in [0.1, 0.15) is 5.60 Å². The van der Waals surface area contributed by atoms with Crippen molar-refractivity contribution in [3.63, 3.8) is 0 Å². The third-order valence-electron chi connectivity index (χ3n) is 4.44. The lowest BCUT2D eigenvalue weighted by atomic mass is 9.50. The van der Waals surface area contributed by atoms with E-state index in [1.54, 1.807) is 20.8 Å². The van der Waals surface area contributed by atoms with Crippen molar-refractivity contribution in [2.45, 2.75) is 70.6 Å². The first-order valence-corrected chi connectivity index (χ1v) is 8.08. The monoisotopic (exact) mass is 314 g/mol. The highest BCUT2D eigenvalue weighted by Gasteiger charge is 2.61. The standard InChI is InChI=1S/C16H27FN2O3/c1-14(2,3)22-13(21)19-9-5-8-18-12(20)16(17)10-15(11-16)6-4-7-15/h4-11H2,1-3H3,(H,18,20)(H,19,21). The number of rotatable bonds is 5. The maximum absolute atomic E-state index is 14.3. The molecule has 0 saturated heterocycles. The van der Waals surface area contributed by atoms with E-state index in [4.69, 9.17) is 4.74 Å². The van der Waals surface area contributed by atoms with Gasteiger partial charge in [-0.15, -0.1) is 0 Å². The van der Waals surface area contributed by atoms with Gasteiger partial charge in [0.2, 0.25) is 0 Å². The van der Waals surface area contributed by atoms with Gasteiger partial charge >= 0.3 is 6.09 Å². The van der Waals surface area contributed by atoms with Gasteiger partial charge in [-0.2, -0.15) is 0 Å². The van der Waals surface area contributed by atoms with E-state index < -0.39 is 23.3 Å². The molecule has 126 valence electrons. The number of hydrogen-bond acceptors (Lipinski definition) is 3. The molecular weight excluding hydrogens is 287 g/mol. The average Bonchev–Trinajstić information content (AvgIpc) is 2.29. The second-order valence-corrected chi connectivity index (χ2v) is 7.71. The molecule has 2 aliphatic carbocycles. The fourth-order valence-corrected chi connectivity index (χ4v) is 3.28. The minimum absolute atomic E-state index is 0.129. The molecular formula is C16H27FN2O3.